The van der Waals surface area contributed by atoms with Crippen LogP contribution in [0.4, 0.5) is 79.0 Å². The normalized spacial score (nSPS) is 12.7. The maximum atomic E-state index is 15.1. The molecule has 0 heterocycles. The van der Waals surface area contributed by atoms with E-state index in [0.29, 0.717) is 24.3 Å². The summed E-state index contributed by atoms with van der Waals surface area (Å²) in [4.78, 5) is 0. The average Bonchev–Trinajstić information content (AvgIpc) is 2.98. The number of rotatable bonds is 2. The fourth-order valence-corrected chi connectivity index (χ4v) is 4.87. The number of hydrogen-bond acceptors (Lipinski definition) is 4. The Bertz CT molecular complexity index is 2000. The lowest BCUT2D eigenvalue weighted by atomic mass is 9.81. The number of nitriles is 4. The van der Waals surface area contributed by atoms with Crippen LogP contribution in [0.5, 0.6) is 0 Å². The van der Waals surface area contributed by atoms with Gasteiger partial charge in [0.1, 0.15) is 35.4 Å². The zero-order valence-corrected chi connectivity index (χ0v) is 24.1. The molecule has 0 spiro atoms. The van der Waals surface area contributed by atoms with Crippen molar-refractivity contribution in [2.75, 3.05) is 0 Å². The van der Waals surface area contributed by atoms with Crippen LogP contribution in [0.2, 0.25) is 0 Å². The van der Waals surface area contributed by atoms with Gasteiger partial charge in [-0.3, -0.25) is 0 Å². The molecule has 22 heteroatoms. The number of hydrogen-bond donors (Lipinski definition) is 0. The molecule has 0 N–H and O–H groups in total. The van der Waals surface area contributed by atoms with Crippen molar-refractivity contribution in [1.82, 2.24) is 0 Å². The van der Waals surface area contributed by atoms with E-state index in [0.717, 1.165) is 0 Å². The Labute approximate surface area is 275 Å². The second kappa shape index (κ2) is 13.0. The van der Waals surface area contributed by atoms with E-state index in [1.54, 1.807) is 0 Å². The highest BCUT2D eigenvalue weighted by Gasteiger charge is 2.47. The lowest BCUT2D eigenvalue weighted by molar-refractivity contribution is -0.144. The summed E-state index contributed by atoms with van der Waals surface area (Å²) >= 11 is 0. The lowest BCUT2D eigenvalue weighted by Gasteiger charge is -2.25. The standard InChI is InChI=1S/C30H6F18N4/c31-25(32,33)15-1-11(2-16(5-15)26(34,35)36)19-21(13(7-49)8-50)24(30(46,47)48)20(22(14(9-51)10-52)23(19)29(43,44)45)12-3-17(27(37,38)39)6-18(4-12)28(40,41)42/h1-6H. The van der Waals surface area contributed by atoms with Gasteiger partial charge < -0.3 is 0 Å². The Morgan fingerprint density at radius 2 is 0.558 bits per heavy atom. The number of alkyl halides is 18. The first-order valence-corrected chi connectivity index (χ1v) is 12.8. The van der Waals surface area contributed by atoms with Gasteiger partial charge in [0.2, 0.25) is 0 Å². The first kappa shape index (κ1) is 40.5. The molecule has 0 radical (unpaired) electrons. The van der Waals surface area contributed by atoms with Crippen molar-refractivity contribution in [3.8, 4) is 46.5 Å². The highest BCUT2D eigenvalue weighted by atomic mass is 19.4. The van der Waals surface area contributed by atoms with Crippen LogP contribution in [0.3, 0.4) is 0 Å². The van der Waals surface area contributed by atoms with Crippen LogP contribution in [0.1, 0.15) is 33.4 Å². The minimum absolute atomic E-state index is 0.607. The van der Waals surface area contributed by atoms with Gasteiger partial charge in [-0.15, -0.1) is 0 Å². The van der Waals surface area contributed by atoms with E-state index in [1.165, 1.54) is 0 Å². The molecule has 0 atom stereocenters. The van der Waals surface area contributed by atoms with E-state index >= 15 is 26.3 Å². The second-order valence-corrected chi connectivity index (χ2v) is 10.0. The monoisotopic (exact) mass is 764 g/mol. The molecule has 272 valence electrons. The largest absolute Gasteiger partial charge is 0.417 e. The fraction of sp³-hybridized carbons (Fsp3) is 0.200. The van der Waals surface area contributed by atoms with Gasteiger partial charge in [0, 0.05) is 21.6 Å². The smallest absolute Gasteiger partial charge is 0.192 e. The van der Waals surface area contributed by atoms with Gasteiger partial charge in [-0.25, -0.2) is 0 Å². The topological polar surface area (TPSA) is 95.2 Å². The van der Waals surface area contributed by atoms with E-state index < -0.39 is 151 Å². The minimum Gasteiger partial charge on any atom is -0.192 e. The second-order valence-electron chi connectivity index (χ2n) is 10.0. The summed E-state index contributed by atoms with van der Waals surface area (Å²) in [6.07, 6.45) is -36.7. The molecule has 0 aliphatic rings. The van der Waals surface area contributed by atoms with Gasteiger partial charge in [0.25, 0.3) is 0 Å². The molecule has 0 bridgehead atoms. The summed E-state index contributed by atoms with van der Waals surface area (Å²) in [7, 11) is 0. The van der Waals surface area contributed by atoms with Gasteiger partial charge in [0.05, 0.1) is 33.4 Å². The lowest BCUT2D eigenvalue weighted by Crippen LogP contribution is -2.36. The summed E-state index contributed by atoms with van der Waals surface area (Å²) in [5.74, 6) is 0. The minimum atomic E-state index is -6.51. The Morgan fingerprint density at radius 3 is 0.712 bits per heavy atom. The zero-order valence-electron chi connectivity index (χ0n) is 24.1. The third-order valence-electron chi connectivity index (χ3n) is 6.77. The first-order valence-electron chi connectivity index (χ1n) is 12.8. The number of benzene rings is 3. The Hall–Kier alpha value is -5.90. The van der Waals surface area contributed by atoms with Crippen molar-refractivity contribution in [1.29, 1.82) is 21.0 Å². The molecule has 0 fully saturated rings. The quantitative estimate of drug-likeness (QED) is 0.243. The van der Waals surface area contributed by atoms with E-state index in [2.05, 4.69) is 0 Å². The zero-order chi connectivity index (χ0) is 40.2. The van der Waals surface area contributed by atoms with Crippen molar-refractivity contribution in [2.24, 2.45) is 0 Å². The molecule has 0 saturated carbocycles. The first-order chi connectivity index (χ1) is 23.4. The molecule has 0 aromatic heterocycles. The molecule has 0 saturated heterocycles. The highest BCUT2D eigenvalue weighted by Crippen LogP contribution is 2.46. The predicted molar refractivity (Wildman–Crippen MR) is 136 cm³/mol. The summed E-state index contributed by atoms with van der Waals surface area (Å²) in [5, 5.41) is 32.9. The molecular formula is C30H6F18N4. The van der Waals surface area contributed by atoms with Crippen LogP contribution in [-0.2, 0) is 37.1 Å². The van der Waals surface area contributed by atoms with Crippen LogP contribution in [0.15, 0.2) is 36.4 Å². The van der Waals surface area contributed by atoms with Crippen LogP contribution in [0.25, 0.3) is 33.4 Å². The van der Waals surface area contributed by atoms with Crippen LogP contribution in [-0.4, -0.2) is 0 Å². The molecule has 0 aliphatic heterocycles. The Balaban J connectivity index is 3.18. The Morgan fingerprint density at radius 1 is 0.346 bits per heavy atom. The van der Waals surface area contributed by atoms with Gasteiger partial charge in [0.15, 0.2) is 0 Å². The maximum Gasteiger partial charge on any atom is 0.417 e. The van der Waals surface area contributed by atoms with Gasteiger partial charge in [-0.05, 0) is 47.5 Å². The molecule has 4 nitrogen and oxygen atoms in total. The summed E-state index contributed by atoms with van der Waals surface area (Å²) in [6, 6.07) is -1.32. The fourth-order valence-electron chi connectivity index (χ4n) is 4.87. The van der Waals surface area contributed by atoms with E-state index in [-0.39, 0.29) is 0 Å². The predicted octanol–water partition coefficient (Wildman–Crippen LogP) is 9.53. The summed E-state index contributed by atoms with van der Waals surface area (Å²) in [6.45, 7) is 0. The molecule has 3 aromatic rings. The van der Waals surface area contributed by atoms with Crippen LogP contribution < -0.4 is 10.4 Å². The Kier molecular flexibility index (Phi) is 10.1. The molecular weight excluding hydrogens is 758 g/mol. The summed E-state index contributed by atoms with van der Waals surface area (Å²) in [5.41, 5.74) is -29.9. The third-order valence-corrected chi connectivity index (χ3v) is 6.77. The van der Waals surface area contributed by atoms with Crippen molar-refractivity contribution < 1.29 is 79.0 Å². The van der Waals surface area contributed by atoms with Crippen LogP contribution in [0, 0.1) is 45.3 Å². The van der Waals surface area contributed by atoms with Crippen molar-refractivity contribution >= 4 is 11.1 Å². The van der Waals surface area contributed by atoms with Gasteiger partial charge in [-0.1, -0.05) is 0 Å². The third kappa shape index (κ3) is 7.86. The van der Waals surface area contributed by atoms with E-state index in [9.17, 15) is 73.7 Å². The number of halogens is 18. The maximum absolute atomic E-state index is 15.1. The average molecular weight is 764 g/mol. The number of nitrogens with zero attached hydrogens (tertiary/aromatic N) is 4. The van der Waals surface area contributed by atoms with E-state index in [1.807, 2.05) is 0 Å². The molecule has 0 amide bonds. The van der Waals surface area contributed by atoms with Crippen molar-refractivity contribution in [2.45, 2.75) is 37.1 Å². The van der Waals surface area contributed by atoms with E-state index in [4.69, 9.17) is 0 Å². The highest BCUT2D eigenvalue weighted by molar-refractivity contribution is 5.90. The van der Waals surface area contributed by atoms with Gasteiger partial charge in [-0.2, -0.15) is 100 Å². The molecule has 0 aliphatic carbocycles. The van der Waals surface area contributed by atoms with Crippen molar-refractivity contribution in [3.05, 3.63) is 80.2 Å². The summed E-state index contributed by atoms with van der Waals surface area (Å²) < 4.78 is 256. The molecule has 0 unspecified atom stereocenters. The van der Waals surface area contributed by atoms with Gasteiger partial charge >= 0.3 is 37.1 Å². The van der Waals surface area contributed by atoms with Crippen molar-refractivity contribution in [3.63, 3.8) is 0 Å². The molecule has 3 aromatic carbocycles. The van der Waals surface area contributed by atoms with Crippen LogP contribution >= 0.6 is 0 Å². The SMILES string of the molecule is N#CC(C#N)=c1c(-c2cc(C(F)(F)F)cc(C(F)(F)F)c2)c(C(F)(F)F)c(=C(C#N)C#N)c(-c2cc(C(F)(F)F)cc(C(F)(F)F)c2)c1C(F)(F)F. The molecule has 3 rings (SSSR count). The molecule has 52 heavy (non-hydrogen) atoms.